The molecule has 0 saturated heterocycles. The summed E-state index contributed by atoms with van der Waals surface area (Å²) in [6.45, 7) is 7.46. The average molecular weight is 489 g/mol. The lowest BCUT2D eigenvalue weighted by molar-refractivity contribution is -0.145. The van der Waals surface area contributed by atoms with E-state index in [-0.39, 0.29) is 16.7 Å². The molecule has 8 atom stereocenters. The molecular formula is C27H40N2O6. The number of fused-ring (bicyclic) bond motifs is 5. The Labute approximate surface area is 207 Å². The highest BCUT2D eigenvalue weighted by Crippen LogP contribution is 2.66. The Bertz CT molecular complexity index is 942. The van der Waals surface area contributed by atoms with Crippen molar-refractivity contribution < 1.29 is 29.4 Å². The summed E-state index contributed by atoms with van der Waals surface area (Å²) in [7, 11) is 0. The average Bonchev–Trinajstić information content (AvgIpc) is 3.14. The predicted octanol–water partition coefficient (Wildman–Crippen LogP) is 3.48. The number of carbonyl (C=O) groups is 3. The molecule has 4 aliphatic carbocycles. The number of oxime groups is 1. The Balaban J connectivity index is 1.40. The third kappa shape index (κ3) is 4.66. The molecule has 8 nitrogen and oxygen atoms in total. The minimum absolute atomic E-state index is 0.140. The van der Waals surface area contributed by atoms with Gasteiger partial charge in [-0.3, -0.25) is 9.59 Å². The highest BCUT2D eigenvalue weighted by atomic mass is 16.6. The third-order valence-electron chi connectivity index (χ3n) is 9.91. The first-order chi connectivity index (χ1) is 16.5. The van der Waals surface area contributed by atoms with Crippen molar-refractivity contribution in [3.05, 3.63) is 11.6 Å². The monoisotopic (exact) mass is 488 g/mol. The lowest BCUT2D eigenvalue weighted by Gasteiger charge is -2.58. The Morgan fingerprint density at radius 2 is 1.89 bits per heavy atom. The number of carbonyl (C=O) groups excluding carboxylic acids is 2. The van der Waals surface area contributed by atoms with E-state index < -0.39 is 30.6 Å². The fourth-order valence-electron chi connectivity index (χ4n) is 8.09. The molecule has 35 heavy (non-hydrogen) atoms. The number of carboxylic acid groups (broad SMARTS) is 1. The van der Waals surface area contributed by atoms with Crippen molar-refractivity contribution in [2.75, 3.05) is 6.61 Å². The minimum Gasteiger partial charge on any atom is -0.480 e. The fourth-order valence-corrected chi connectivity index (χ4v) is 8.09. The van der Waals surface area contributed by atoms with E-state index in [0.29, 0.717) is 23.5 Å². The number of aliphatic carboxylic acids is 1. The van der Waals surface area contributed by atoms with E-state index in [2.05, 4.69) is 30.4 Å². The van der Waals surface area contributed by atoms with Gasteiger partial charge in [0.05, 0.1) is 11.8 Å². The van der Waals surface area contributed by atoms with Crippen LogP contribution in [-0.4, -0.2) is 52.3 Å². The predicted molar refractivity (Wildman–Crippen MR) is 131 cm³/mol. The minimum atomic E-state index is -1.38. The SMILES string of the molecule is CC(=O)[C@@H]1CC[C@@H]2[C@@H]3CCC4=C/C(=N\OCC(=O)N[C@H](C(=O)O)[C@@H](C)O)CC[C@]4(C)[C@H]3CC[C@@]21C. The summed E-state index contributed by atoms with van der Waals surface area (Å²) < 4.78 is 0. The maximum atomic E-state index is 12.3. The van der Waals surface area contributed by atoms with Crippen LogP contribution in [0.25, 0.3) is 0 Å². The number of nitrogens with zero attached hydrogens (tertiary/aromatic N) is 1. The van der Waals surface area contributed by atoms with E-state index in [0.717, 1.165) is 44.2 Å². The van der Waals surface area contributed by atoms with Gasteiger partial charge in [0.2, 0.25) is 0 Å². The van der Waals surface area contributed by atoms with E-state index in [9.17, 15) is 19.5 Å². The molecule has 0 radical (unpaired) electrons. The summed E-state index contributed by atoms with van der Waals surface area (Å²) >= 11 is 0. The number of nitrogens with one attached hydrogen (secondary N) is 1. The van der Waals surface area contributed by atoms with Crippen LogP contribution in [0.2, 0.25) is 0 Å². The van der Waals surface area contributed by atoms with Gasteiger partial charge in [-0.05, 0) is 99.9 Å². The standard InChI is InChI=1S/C27H40N2O6/c1-15(30)20-7-8-21-19-6-5-17-13-18(9-11-26(17,3)22(19)10-12-27(20,21)4)29-35-14-23(32)28-24(16(2)31)25(33)34/h13,16,19-22,24,31H,5-12,14H2,1-4H3,(H,28,32)(H,33,34)/b29-18-/t16-,19+,20+,21-,22+,24+,26+,27-/m1/s1. The van der Waals surface area contributed by atoms with Crippen LogP contribution in [0.4, 0.5) is 0 Å². The van der Waals surface area contributed by atoms with Gasteiger partial charge >= 0.3 is 5.97 Å². The van der Waals surface area contributed by atoms with E-state index in [1.165, 1.54) is 25.3 Å². The summed E-state index contributed by atoms with van der Waals surface area (Å²) in [5.74, 6) is 0.604. The van der Waals surface area contributed by atoms with Crippen molar-refractivity contribution >= 4 is 23.4 Å². The molecule has 0 aromatic heterocycles. The number of amides is 1. The first-order valence-electron chi connectivity index (χ1n) is 13.1. The molecule has 3 N–H and O–H groups in total. The second-order valence-corrected chi connectivity index (χ2v) is 11.8. The number of hydrogen-bond donors (Lipinski definition) is 3. The largest absolute Gasteiger partial charge is 0.480 e. The summed E-state index contributed by atoms with van der Waals surface area (Å²) in [4.78, 5) is 40.7. The van der Waals surface area contributed by atoms with Gasteiger partial charge in [-0.25, -0.2) is 4.79 Å². The van der Waals surface area contributed by atoms with Gasteiger partial charge in [0.1, 0.15) is 5.78 Å². The van der Waals surface area contributed by atoms with Crippen molar-refractivity contribution in [1.29, 1.82) is 0 Å². The Morgan fingerprint density at radius 1 is 1.14 bits per heavy atom. The van der Waals surface area contributed by atoms with Crippen LogP contribution in [0.3, 0.4) is 0 Å². The van der Waals surface area contributed by atoms with Crippen molar-refractivity contribution in [1.82, 2.24) is 5.32 Å². The highest BCUT2D eigenvalue weighted by molar-refractivity contribution is 5.96. The van der Waals surface area contributed by atoms with Crippen LogP contribution >= 0.6 is 0 Å². The molecule has 0 unspecified atom stereocenters. The number of hydrogen-bond acceptors (Lipinski definition) is 6. The molecule has 0 aromatic rings. The van der Waals surface area contributed by atoms with E-state index in [1.807, 2.05) is 0 Å². The molecule has 1 amide bonds. The number of ketones is 1. The molecule has 0 heterocycles. The van der Waals surface area contributed by atoms with Gasteiger partial charge in [0, 0.05) is 5.92 Å². The molecule has 0 aromatic carbocycles. The number of rotatable bonds is 7. The van der Waals surface area contributed by atoms with Crippen LogP contribution < -0.4 is 5.32 Å². The maximum absolute atomic E-state index is 12.3. The molecule has 0 spiro atoms. The van der Waals surface area contributed by atoms with Gasteiger partial charge in [0.15, 0.2) is 12.6 Å². The van der Waals surface area contributed by atoms with Crippen molar-refractivity contribution in [3.8, 4) is 0 Å². The quantitative estimate of drug-likeness (QED) is 0.471. The fraction of sp³-hybridized carbons (Fsp3) is 0.778. The Morgan fingerprint density at radius 3 is 2.54 bits per heavy atom. The van der Waals surface area contributed by atoms with E-state index in [4.69, 9.17) is 9.94 Å². The molecule has 4 aliphatic rings. The summed E-state index contributed by atoms with van der Waals surface area (Å²) in [5, 5.41) is 25.0. The summed E-state index contributed by atoms with van der Waals surface area (Å²) in [6.07, 6.45) is 9.42. The first-order valence-corrected chi connectivity index (χ1v) is 13.1. The molecule has 0 bridgehead atoms. The summed E-state index contributed by atoms with van der Waals surface area (Å²) in [5.41, 5.74) is 2.53. The van der Waals surface area contributed by atoms with Gasteiger partial charge in [-0.2, -0.15) is 0 Å². The smallest absolute Gasteiger partial charge is 0.328 e. The summed E-state index contributed by atoms with van der Waals surface area (Å²) in [6, 6.07) is -1.38. The molecule has 3 saturated carbocycles. The van der Waals surface area contributed by atoms with Crippen LogP contribution in [0.15, 0.2) is 16.8 Å². The van der Waals surface area contributed by atoms with E-state index >= 15 is 0 Å². The van der Waals surface area contributed by atoms with Crippen LogP contribution in [0.1, 0.15) is 79.1 Å². The second-order valence-electron chi connectivity index (χ2n) is 11.8. The zero-order valence-corrected chi connectivity index (χ0v) is 21.4. The Hall–Kier alpha value is -2.22. The van der Waals surface area contributed by atoms with Gasteiger partial charge in [0.25, 0.3) is 5.91 Å². The zero-order chi connectivity index (χ0) is 25.5. The lowest BCUT2D eigenvalue weighted by Crippen LogP contribution is -2.51. The van der Waals surface area contributed by atoms with Crippen LogP contribution in [0.5, 0.6) is 0 Å². The number of allylic oxidation sites excluding steroid dienone is 2. The van der Waals surface area contributed by atoms with Gasteiger partial charge < -0.3 is 20.4 Å². The zero-order valence-electron chi connectivity index (χ0n) is 21.4. The van der Waals surface area contributed by atoms with Crippen molar-refractivity contribution in [3.63, 3.8) is 0 Å². The molecule has 0 aliphatic heterocycles. The number of aliphatic hydroxyl groups is 1. The third-order valence-corrected chi connectivity index (χ3v) is 9.91. The topological polar surface area (TPSA) is 125 Å². The van der Waals surface area contributed by atoms with Gasteiger partial charge in [-0.1, -0.05) is 24.6 Å². The molecular weight excluding hydrogens is 448 g/mol. The normalized spacial score (nSPS) is 38.9. The van der Waals surface area contributed by atoms with E-state index in [1.54, 1.807) is 6.92 Å². The first kappa shape index (κ1) is 25.9. The molecule has 4 rings (SSSR count). The highest BCUT2D eigenvalue weighted by Gasteiger charge is 2.59. The second kappa shape index (κ2) is 9.68. The Kier molecular flexibility index (Phi) is 7.15. The van der Waals surface area contributed by atoms with Gasteiger partial charge in [-0.15, -0.1) is 0 Å². The van der Waals surface area contributed by atoms with Crippen molar-refractivity contribution in [2.24, 2.45) is 39.7 Å². The lowest BCUT2D eigenvalue weighted by atomic mass is 9.46. The van der Waals surface area contributed by atoms with Crippen LogP contribution in [-0.2, 0) is 19.2 Å². The maximum Gasteiger partial charge on any atom is 0.328 e. The number of carboxylic acids is 1. The number of Topliss-reactive ketones (excluding diaryl/α,β-unsaturated/α-hetero) is 1. The van der Waals surface area contributed by atoms with Crippen LogP contribution in [0, 0.1) is 34.5 Å². The molecule has 194 valence electrons. The molecule has 8 heteroatoms. The molecule has 3 fully saturated rings. The van der Waals surface area contributed by atoms with Crippen molar-refractivity contribution in [2.45, 2.75) is 91.2 Å². The number of aliphatic hydroxyl groups excluding tert-OH is 1.